The third-order valence-corrected chi connectivity index (χ3v) is 4.08. The SMILES string of the molecule is O=C(Nc1nnc(C2COc3ccccc3O2)o1)c1cc(Cl)ccc1[N+](=O)[O-]. The van der Waals surface area contributed by atoms with E-state index in [0.717, 1.165) is 6.07 Å². The van der Waals surface area contributed by atoms with E-state index in [4.69, 9.17) is 25.5 Å². The lowest BCUT2D eigenvalue weighted by Crippen LogP contribution is -2.21. The summed E-state index contributed by atoms with van der Waals surface area (Å²) < 4.78 is 16.7. The Bertz CT molecular complexity index is 1070. The number of rotatable bonds is 4. The molecule has 3 aromatic rings. The number of benzene rings is 2. The minimum atomic E-state index is -0.810. The van der Waals surface area contributed by atoms with Crippen LogP contribution in [0.5, 0.6) is 11.5 Å². The Morgan fingerprint density at radius 3 is 2.79 bits per heavy atom. The molecule has 1 unspecified atom stereocenters. The molecule has 0 aliphatic carbocycles. The van der Waals surface area contributed by atoms with Gasteiger partial charge in [-0.3, -0.25) is 20.2 Å². The highest BCUT2D eigenvalue weighted by Crippen LogP contribution is 2.35. The molecule has 4 rings (SSSR count). The highest BCUT2D eigenvalue weighted by atomic mass is 35.5. The standard InChI is InChI=1S/C17H11ClN4O6/c18-9-5-6-11(22(24)25)10(7-9)15(23)19-17-21-20-16(28-17)14-8-26-12-3-1-2-4-13(12)27-14/h1-7,14H,8H2,(H,19,21,23). The van der Waals surface area contributed by atoms with Gasteiger partial charge in [-0.2, -0.15) is 0 Å². The third-order valence-electron chi connectivity index (χ3n) is 3.85. The first kappa shape index (κ1) is 17.7. The van der Waals surface area contributed by atoms with Gasteiger partial charge >= 0.3 is 6.01 Å². The number of nitrogens with one attached hydrogen (secondary N) is 1. The first-order chi connectivity index (χ1) is 13.5. The number of hydrogen-bond acceptors (Lipinski definition) is 8. The van der Waals surface area contributed by atoms with Crippen LogP contribution >= 0.6 is 11.6 Å². The fourth-order valence-corrected chi connectivity index (χ4v) is 2.74. The van der Waals surface area contributed by atoms with Crippen LogP contribution in [0.25, 0.3) is 0 Å². The van der Waals surface area contributed by atoms with Gasteiger partial charge in [-0.15, -0.1) is 5.10 Å². The van der Waals surface area contributed by atoms with Gasteiger partial charge in [0.25, 0.3) is 17.5 Å². The lowest BCUT2D eigenvalue weighted by molar-refractivity contribution is -0.385. The van der Waals surface area contributed by atoms with Gasteiger partial charge in [-0.25, -0.2) is 0 Å². The molecule has 1 atom stereocenters. The normalized spacial score (nSPS) is 15.1. The number of ether oxygens (including phenoxy) is 2. The lowest BCUT2D eigenvalue weighted by Gasteiger charge is -2.23. The zero-order valence-electron chi connectivity index (χ0n) is 14.0. The maximum absolute atomic E-state index is 12.4. The molecule has 0 spiro atoms. The summed E-state index contributed by atoms with van der Waals surface area (Å²) in [5, 5.41) is 21.2. The molecule has 10 nitrogen and oxygen atoms in total. The molecule has 1 amide bonds. The van der Waals surface area contributed by atoms with Crippen molar-refractivity contribution in [3.63, 3.8) is 0 Å². The molecule has 1 N–H and O–H groups in total. The average Bonchev–Trinajstić information content (AvgIpc) is 3.15. The maximum atomic E-state index is 12.4. The number of nitro groups is 1. The maximum Gasteiger partial charge on any atom is 0.322 e. The first-order valence-corrected chi connectivity index (χ1v) is 8.36. The van der Waals surface area contributed by atoms with E-state index in [2.05, 4.69) is 15.5 Å². The molecule has 0 saturated heterocycles. The van der Waals surface area contributed by atoms with E-state index in [1.54, 1.807) is 18.2 Å². The van der Waals surface area contributed by atoms with Gasteiger partial charge < -0.3 is 13.9 Å². The number of anilines is 1. The van der Waals surface area contributed by atoms with Crippen molar-refractivity contribution in [1.29, 1.82) is 0 Å². The van der Waals surface area contributed by atoms with Crippen molar-refractivity contribution in [3.8, 4) is 11.5 Å². The van der Waals surface area contributed by atoms with E-state index in [1.165, 1.54) is 12.1 Å². The molecular formula is C17H11ClN4O6. The van der Waals surface area contributed by atoms with Crippen LogP contribution in [-0.2, 0) is 0 Å². The van der Waals surface area contributed by atoms with E-state index in [1.807, 2.05) is 6.07 Å². The van der Waals surface area contributed by atoms with Crippen LogP contribution in [-0.4, -0.2) is 27.6 Å². The number of carbonyl (C=O) groups is 1. The van der Waals surface area contributed by atoms with Gasteiger partial charge in [-0.05, 0) is 24.3 Å². The van der Waals surface area contributed by atoms with Gasteiger partial charge in [0.05, 0.1) is 4.92 Å². The Morgan fingerprint density at radius 2 is 2.00 bits per heavy atom. The van der Waals surface area contributed by atoms with E-state index in [9.17, 15) is 14.9 Å². The highest BCUT2D eigenvalue weighted by molar-refractivity contribution is 6.31. The molecule has 0 fully saturated rings. The largest absolute Gasteiger partial charge is 0.485 e. The van der Waals surface area contributed by atoms with Crippen LogP contribution in [0.4, 0.5) is 11.7 Å². The Labute approximate surface area is 162 Å². The van der Waals surface area contributed by atoms with Gasteiger partial charge in [0.15, 0.2) is 11.5 Å². The van der Waals surface area contributed by atoms with Crippen molar-refractivity contribution >= 4 is 29.2 Å². The molecule has 0 radical (unpaired) electrons. The van der Waals surface area contributed by atoms with Crippen molar-refractivity contribution < 1.29 is 23.6 Å². The lowest BCUT2D eigenvalue weighted by atomic mass is 10.1. The monoisotopic (exact) mass is 402 g/mol. The molecule has 0 saturated carbocycles. The first-order valence-electron chi connectivity index (χ1n) is 7.98. The average molecular weight is 403 g/mol. The van der Waals surface area contributed by atoms with Crippen LogP contribution in [0.2, 0.25) is 5.02 Å². The molecular weight excluding hydrogens is 392 g/mol. The van der Waals surface area contributed by atoms with Crippen LogP contribution < -0.4 is 14.8 Å². The topological polar surface area (TPSA) is 130 Å². The van der Waals surface area contributed by atoms with Gasteiger partial charge in [0, 0.05) is 11.1 Å². The van der Waals surface area contributed by atoms with Gasteiger partial charge in [-0.1, -0.05) is 28.8 Å². The summed E-state index contributed by atoms with van der Waals surface area (Å²) in [5.41, 5.74) is -0.634. The van der Waals surface area contributed by atoms with Crippen LogP contribution in [0.15, 0.2) is 46.9 Å². The zero-order chi connectivity index (χ0) is 19.7. The second-order valence-electron chi connectivity index (χ2n) is 5.68. The Morgan fingerprint density at radius 1 is 1.21 bits per heavy atom. The van der Waals surface area contributed by atoms with Crippen LogP contribution in [0, 0.1) is 10.1 Å². The molecule has 0 bridgehead atoms. The highest BCUT2D eigenvalue weighted by Gasteiger charge is 2.28. The molecule has 2 aromatic carbocycles. The summed E-state index contributed by atoms with van der Waals surface area (Å²) in [6, 6.07) is 10.5. The number of halogens is 1. The third kappa shape index (κ3) is 3.45. The summed E-state index contributed by atoms with van der Waals surface area (Å²) in [7, 11) is 0. The Hall–Kier alpha value is -3.66. The van der Waals surface area contributed by atoms with E-state index in [-0.39, 0.29) is 29.1 Å². The number of nitro benzene ring substituents is 1. The summed E-state index contributed by atoms with van der Waals surface area (Å²) in [6.45, 7) is 0.145. The second-order valence-corrected chi connectivity index (χ2v) is 6.12. The smallest absolute Gasteiger partial charge is 0.322 e. The molecule has 1 aromatic heterocycles. The van der Waals surface area contributed by atoms with Crippen molar-refractivity contribution in [2.75, 3.05) is 11.9 Å². The molecule has 28 heavy (non-hydrogen) atoms. The Kier molecular flexibility index (Phi) is 4.53. The number of hydrogen-bond donors (Lipinski definition) is 1. The summed E-state index contributed by atoms with van der Waals surface area (Å²) in [5.74, 6) is 0.401. The predicted molar refractivity (Wildman–Crippen MR) is 95.7 cm³/mol. The Balaban J connectivity index is 1.51. The molecule has 11 heteroatoms. The predicted octanol–water partition coefficient (Wildman–Crippen LogP) is 3.40. The fourth-order valence-electron chi connectivity index (χ4n) is 2.57. The number of nitrogens with zero attached hydrogens (tertiary/aromatic N) is 3. The molecule has 1 aliphatic rings. The van der Waals surface area contributed by atoms with Crippen LogP contribution in [0.1, 0.15) is 22.4 Å². The van der Waals surface area contributed by atoms with Crippen molar-refractivity contribution in [2.45, 2.75) is 6.10 Å². The summed E-state index contributed by atoms with van der Waals surface area (Å²) in [4.78, 5) is 22.8. The van der Waals surface area contributed by atoms with Gasteiger partial charge in [0.1, 0.15) is 12.2 Å². The number of carbonyl (C=O) groups excluding carboxylic acids is 1. The minimum Gasteiger partial charge on any atom is -0.485 e. The molecule has 142 valence electrons. The number of amides is 1. The molecule has 1 aliphatic heterocycles. The zero-order valence-corrected chi connectivity index (χ0v) is 14.8. The number of para-hydroxylation sites is 2. The number of aromatic nitrogens is 2. The van der Waals surface area contributed by atoms with Crippen molar-refractivity contribution in [1.82, 2.24) is 10.2 Å². The van der Waals surface area contributed by atoms with E-state index >= 15 is 0 Å². The van der Waals surface area contributed by atoms with E-state index in [0.29, 0.717) is 11.5 Å². The second kappa shape index (κ2) is 7.16. The molecule has 2 heterocycles. The summed E-state index contributed by atoms with van der Waals surface area (Å²) >= 11 is 5.83. The van der Waals surface area contributed by atoms with Crippen molar-refractivity contribution in [3.05, 3.63) is 69.1 Å². The van der Waals surface area contributed by atoms with Crippen LogP contribution in [0.3, 0.4) is 0 Å². The number of fused-ring (bicyclic) bond motifs is 1. The van der Waals surface area contributed by atoms with Crippen molar-refractivity contribution in [2.24, 2.45) is 0 Å². The quantitative estimate of drug-likeness (QED) is 0.519. The minimum absolute atomic E-state index is 0.0883. The fraction of sp³-hybridized carbons (Fsp3) is 0.118. The summed E-state index contributed by atoms with van der Waals surface area (Å²) in [6.07, 6.45) is -0.659. The van der Waals surface area contributed by atoms with E-state index < -0.39 is 22.6 Å². The van der Waals surface area contributed by atoms with Gasteiger partial charge in [0.2, 0.25) is 6.10 Å².